The fraction of sp³-hybridized carbons (Fsp3) is 0.238. The molecule has 124 valence electrons. The van der Waals surface area contributed by atoms with E-state index in [-0.39, 0.29) is 11.7 Å². The molecular weight excluding hydrogens is 334 g/mol. The van der Waals surface area contributed by atoms with E-state index in [4.69, 9.17) is 11.6 Å². The van der Waals surface area contributed by atoms with E-state index in [1.807, 2.05) is 18.2 Å². The summed E-state index contributed by atoms with van der Waals surface area (Å²) in [6, 6.07) is 14.7. The molecule has 0 saturated heterocycles. The van der Waals surface area contributed by atoms with E-state index >= 15 is 0 Å². The highest BCUT2D eigenvalue weighted by atomic mass is 35.5. The zero-order valence-electron chi connectivity index (χ0n) is 13.6. The van der Waals surface area contributed by atoms with E-state index in [9.17, 15) is 9.59 Å². The van der Waals surface area contributed by atoms with Crippen molar-refractivity contribution in [3.05, 3.63) is 70.9 Å². The first-order chi connectivity index (χ1) is 12.1. The lowest BCUT2D eigenvalue weighted by Crippen LogP contribution is -2.45. The van der Waals surface area contributed by atoms with Crippen LogP contribution in [0.3, 0.4) is 0 Å². The van der Waals surface area contributed by atoms with Crippen LogP contribution in [0.1, 0.15) is 44.8 Å². The SMILES string of the molecule is O=C1c2cccc3c4c(n(c23)C(=O)[C@@]1(Cl)c1ccccc1)CCCC4. The fourth-order valence-electron chi connectivity index (χ4n) is 4.36. The highest BCUT2D eigenvalue weighted by Crippen LogP contribution is 2.44. The van der Waals surface area contributed by atoms with Gasteiger partial charge in [0.15, 0.2) is 5.78 Å². The van der Waals surface area contributed by atoms with Crippen molar-refractivity contribution in [2.24, 2.45) is 0 Å². The number of alkyl halides is 1. The summed E-state index contributed by atoms with van der Waals surface area (Å²) in [5, 5.41) is 1.03. The Kier molecular flexibility index (Phi) is 3.02. The van der Waals surface area contributed by atoms with Crippen LogP contribution in [0.2, 0.25) is 0 Å². The fourth-order valence-corrected chi connectivity index (χ4v) is 4.67. The number of benzene rings is 2. The van der Waals surface area contributed by atoms with Crippen LogP contribution >= 0.6 is 11.6 Å². The lowest BCUT2D eigenvalue weighted by molar-refractivity contribution is 0.0766. The maximum Gasteiger partial charge on any atom is 0.265 e. The molecule has 0 bridgehead atoms. The van der Waals surface area contributed by atoms with E-state index in [1.54, 1.807) is 34.9 Å². The first-order valence-electron chi connectivity index (χ1n) is 8.63. The van der Waals surface area contributed by atoms with Gasteiger partial charge in [-0.2, -0.15) is 0 Å². The molecule has 0 unspecified atom stereocenters. The van der Waals surface area contributed by atoms with Crippen LogP contribution in [0.5, 0.6) is 0 Å². The van der Waals surface area contributed by atoms with Gasteiger partial charge in [-0.1, -0.05) is 54.1 Å². The van der Waals surface area contributed by atoms with Crippen LogP contribution in [0.4, 0.5) is 0 Å². The van der Waals surface area contributed by atoms with Crippen LogP contribution in [-0.4, -0.2) is 16.3 Å². The average molecular weight is 350 g/mol. The summed E-state index contributed by atoms with van der Waals surface area (Å²) in [5.74, 6) is -0.657. The third-order valence-corrected chi connectivity index (χ3v) is 6.07. The number of fused-ring (bicyclic) bond motifs is 3. The number of aromatic nitrogens is 1. The average Bonchev–Trinajstić information content (AvgIpc) is 3.00. The van der Waals surface area contributed by atoms with Crippen LogP contribution in [0, 0.1) is 0 Å². The molecular formula is C21H16ClNO2. The Balaban J connectivity index is 1.88. The van der Waals surface area contributed by atoms with Crippen molar-refractivity contribution in [3.8, 4) is 0 Å². The van der Waals surface area contributed by atoms with Crippen LogP contribution in [0.25, 0.3) is 10.9 Å². The van der Waals surface area contributed by atoms with Gasteiger partial charge in [-0.3, -0.25) is 14.2 Å². The zero-order valence-corrected chi connectivity index (χ0v) is 14.3. The van der Waals surface area contributed by atoms with E-state index < -0.39 is 4.87 Å². The summed E-state index contributed by atoms with van der Waals surface area (Å²) in [5.41, 5.74) is 4.07. The Bertz CT molecular complexity index is 1050. The maximum absolute atomic E-state index is 13.5. The van der Waals surface area contributed by atoms with E-state index in [0.29, 0.717) is 11.1 Å². The second kappa shape index (κ2) is 5.06. The second-order valence-electron chi connectivity index (χ2n) is 6.83. The van der Waals surface area contributed by atoms with Crippen molar-refractivity contribution in [2.45, 2.75) is 30.6 Å². The number of aryl methyl sites for hydroxylation is 1. The van der Waals surface area contributed by atoms with Crippen molar-refractivity contribution >= 4 is 34.2 Å². The summed E-state index contributed by atoms with van der Waals surface area (Å²) < 4.78 is 1.74. The normalized spacial score (nSPS) is 22.3. The van der Waals surface area contributed by atoms with Crippen molar-refractivity contribution in [1.29, 1.82) is 0 Å². The Morgan fingerprint density at radius 1 is 0.920 bits per heavy atom. The topological polar surface area (TPSA) is 39.1 Å². The van der Waals surface area contributed by atoms with E-state index in [1.165, 1.54) is 5.56 Å². The molecule has 2 heterocycles. The van der Waals surface area contributed by atoms with E-state index in [0.717, 1.165) is 42.3 Å². The van der Waals surface area contributed by atoms with Gasteiger partial charge in [-0.15, -0.1) is 0 Å². The molecule has 0 radical (unpaired) electrons. The number of halogens is 1. The van der Waals surface area contributed by atoms with Crippen molar-refractivity contribution in [3.63, 3.8) is 0 Å². The monoisotopic (exact) mass is 349 g/mol. The third kappa shape index (κ3) is 1.77. The number of carbonyl (C=O) groups excluding carboxylic acids is 2. The highest BCUT2D eigenvalue weighted by molar-refractivity contribution is 6.51. The number of hydrogen-bond acceptors (Lipinski definition) is 2. The quantitative estimate of drug-likeness (QED) is 0.479. The van der Waals surface area contributed by atoms with Crippen LogP contribution < -0.4 is 0 Å². The van der Waals surface area contributed by atoms with Gasteiger partial charge in [0.25, 0.3) is 5.91 Å². The standard InChI is InChI=1S/C21H16ClNO2/c22-21(13-7-2-1-3-8-13)19(24)16-11-6-10-15-14-9-4-5-12-17(14)23(18(15)16)20(21)25/h1-3,6-8,10-11H,4-5,9,12H2/t21-/m1/s1. The van der Waals surface area contributed by atoms with Crippen LogP contribution in [-0.2, 0) is 17.7 Å². The molecule has 3 nitrogen and oxygen atoms in total. The number of rotatable bonds is 1. The van der Waals surface area contributed by atoms with Crippen molar-refractivity contribution in [2.75, 3.05) is 0 Å². The number of nitrogens with zero attached hydrogens (tertiary/aromatic N) is 1. The van der Waals surface area contributed by atoms with Gasteiger partial charge in [0.1, 0.15) is 0 Å². The Morgan fingerprint density at radius 2 is 1.68 bits per heavy atom. The highest BCUT2D eigenvalue weighted by Gasteiger charge is 2.52. The number of Topliss-reactive ketones (excluding diaryl/α,β-unsaturated/α-hetero) is 1. The molecule has 0 amide bonds. The molecule has 5 rings (SSSR count). The minimum Gasteiger partial charge on any atom is -0.291 e. The van der Waals surface area contributed by atoms with Gasteiger partial charge in [0, 0.05) is 16.6 Å². The van der Waals surface area contributed by atoms with Gasteiger partial charge in [-0.25, -0.2) is 0 Å². The summed E-state index contributed by atoms with van der Waals surface area (Å²) in [4.78, 5) is 25.1. The maximum atomic E-state index is 13.5. The first kappa shape index (κ1) is 14.9. The summed E-state index contributed by atoms with van der Waals surface area (Å²) in [7, 11) is 0. The Labute approximate surface area is 150 Å². The van der Waals surface area contributed by atoms with Gasteiger partial charge in [0.05, 0.1) is 5.52 Å². The molecule has 2 aromatic carbocycles. The zero-order chi connectivity index (χ0) is 17.2. The minimum atomic E-state index is -1.69. The molecule has 25 heavy (non-hydrogen) atoms. The van der Waals surface area contributed by atoms with E-state index in [2.05, 4.69) is 0 Å². The van der Waals surface area contributed by atoms with Crippen molar-refractivity contribution in [1.82, 2.24) is 4.57 Å². The number of carbonyl (C=O) groups is 2. The molecule has 0 spiro atoms. The molecule has 1 aliphatic heterocycles. The summed E-state index contributed by atoms with van der Waals surface area (Å²) >= 11 is 6.79. The molecule has 1 aliphatic carbocycles. The van der Waals surface area contributed by atoms with Gasteiger partial charge in [-0.05, 0) is 42.9 Å². The minimum absolute atomic E-state index is 0.321. The lowest BCUT2D eigenvalue weighted by atomic mass is 9.85. The Morgan fingerprint density at radius 3 is 2.48 bits per heavy atom. The molecule has 0 fully saturated rings. The smallest absolute Gasteiger partial charge is 0.265 e. The predicted octanol–water partition coefficient (Wildman–Crippen LogP) is 4.49. The predicted molar refractivity (Wildman–Crippen MR) is 97.5 cm³/mol. The molecule has 3 aromatic rings. The van der Waals surface area contributed by atoms with Crippen molar-refractivity contribution < 1.29 is 9.59 Å². The van der Waals surface area contributed by atoms with Crippen LogP contribution in [0.15, 0.2) is 48.5 Å². The largest absolute Gasteiger partial charge is 0.291 e. The molecule has 0 N–H and O–H groups in total. The first-order valence-corrected chi connectivity index (χ1v) is 9.01. The second-order valence-corrected chi connectivity index (χ2v) is 7.40. The summed E-state index contributed by atoms with van der Waals surface area (Å²) in [6.45, 7) is 0. The lowest BCUT2D eigenvalue weighted by Gasteiger charge is -2.31. The molecule has 0 saturated carbocycles. The third-order valence-electron chi connectivity index (χ3n) is 5.52. The Hall–Kier alpha value is -2.39. The molecule has 4 heteroatoms. The molecule has 1 aromatic heterocycles. The van der Waals surface area contributed by atoms with Gasteiger partial charge in [0.2, 0.25) is 4.87 Å². The van der Waals surface area contributed by atoms with Gasteiger partial charge >= 0.3 is 0 Å². The summed E-state index contributed by atoms with van der Waals surface area (Å²) in [6.07, 6.45) is 3.97. The van der Waals surface area contributed by atoms with Gasteiger partial charge < -0.3 is 0 Å². The number of ketones is 1. The molecule has 2 aliphatic rings. The number of para-hydroxylation sites is 1. The number of hydrogen-bond donors (Lipinski definition) is 0. The molecule has 1 atom stereocenters.